The number of rotatable bonds is 5. The van der Waals surface area contributed by atoms with Gasteiger partial charge in [0.2, 0.25) is 0 Å². The van der Waals surface area contributed by atoms with E-state index in [1.807, 2.05) is 48.7 Å². The van der Waals surface area contributed by atoms with Gasteiger partial charge in [-0.3, -0.25) is 4.99 Å². The van der Waals surface area contributed by atoms with Gasteiger partial charge in [-0.05, 0) is 53.9 Å². The van der Waals surface area contributed by atoms with Crippen LogP contribution in [0.1, 0.15) is 22.3 Å². The highest BCUT2D eigenvalue weighted by Crippen LogP contribution is 2.29. The van der Waals surface area contributed by atoms with E-state index in [1.165, 1.54) is 5.56 Å². The van der Waals surface area contributed by atoms with Crippen LogP contribution in [0.15, 0.2) is 83.9 Å². The van der Waals surface area contributed by atoms with Crippen LogP contribution in [0, 0.1) is 13.8 Å². The second-order valence-corrected chi connectivity index (χ2v) is 7.53. The number of fused-ring (bicyclic) bond motifs is 1. The van der Waals surface area contributed by atoms with Crippen molar-refractivity contribution in [1.29, 1.82) is 0 Å². The molecule has 0 aromatic heterocycles. The molecule has 0 unspecified atom stereocenters. The first-order valence-electron chi connectivity index (χ1n) is 9.61. The normalized spacial score (nSPS) is 11.3. The van der Waals surface area contributed by atoms with Crippen LogP contribution >= 0.6 is 11.6 Å². The molecule has 144 valence electrons. The second kappa shape index (κ2) is 8.50. The molecule has 0 aliphatic heterocycles. The molecule has 0 fully saturated rings. The molecule has 0 saturated heterocycles. The lowest BCUT2D eigenvalue weighted by Gasteiger charge is -2.13. The molecule has 0 atom stereocenters. The maximum absolute atomic E-state index is 6.29. The smallest absolute Gasteiger partial charge is 0.129 e. The molecule has 4 aromatic carbocycles. The highest BCUT2D eigenvalue weighted by atomic mass is 35.5. The molecule has 0 saturated carbocycles. The fourth-order valence-corrected chi connectivity index (χ4v) is 3.49. The van der Waals surface area contributed by atoms with Crippen molar-refractivity contribution in [2.75, 3.05) is 0 Å². The summed E-state index contributed by atoms with van der Waals surface area (Å²) in [5, 5.41) is 2.97. The molecule has 0 aliphatic rings. The molecule has 4 rings (SSSR count). The molecule has 0 radical (unpaired) electrons. The molecule has 2 nitrogen and oxygen atoms in total. The van der Waals surface area contributed by atoms with Gasteiger partial charge in [0.15, 0.2) is 0 Å². The quantitative estimate of drug-likeness (QED) is 0.319. The number of aryl methyl sites for hydroxylation is 2. The van der Waals surface area contributed by atoms with E-state index in [-0.39, 0.29) is 0 Å². The first-order chi connectivity index (χ1) is 14.1. The van der Waals surface area contributed by atoms with Crippen LogP contribution in [0.5, 0.6) is 5.75 Å². The third kappa shape index (κ3) is 4.33. The van der Waals surface area contributed by atoms with Crippen molar-refractivity contribution in [2.45, 2.75) is 20.5 Å². The van der Waals surface area contributed by atoms with E-state index >= 15 is 0 Å². The Hall–Kier alpha value is -3.10. The van der Waals surface area contributed by atoms with Crippen LogP contribution in [-0.4, -0.2) is 6.21 Å². The highest BCUT2D eigenvalue weighted by Gasteiger charge is 2.09. The van der Waals surface area contributed by atoms with Gasteiger partial charge >= 0.3 is 0 Å². The minimum atomic E-state index is 0.405. The second-order valence-electron chi connectivity index (χ2n) is 7.13. The molecular weight excluding hydrogens is 378 g/mol. The van der Waals surface area contributed by atoms with E-state index in [1.54, 1.807) is 0 Å². The number of halogens is 1. The average molecular weight is 400 g/mol. The third-order valence-corrected chi connectivity index (χ3v) is 5.34. The van der Waals surface area contributed by atoms with E-state index in [0.29, 0.717) is 11.6 Å². The van der Waals surface area contributed by atoms with Crippen molar-refractivity contribution >= 4 is 34.3 Å². The Labute approximate surface area is 176 Å². The fourth-order valence-electron chi connectivity index (χ4n) is 3.30. The fraction of sp³-hybridized carbons (Fsp3) is 0.115. The van der Waals surface area contributed by atoms with Crippen LogP contribution in [-0.2, 0) is 6.61 Å². The standard InChI is InChI=1S/C26H22ClNO/c1-18-11-12-19(2)25(15-18)28-16-23-22-9-5-3-7-20(22)13-14-26(23)29-17-21-8-4-6-10-24(21)27/h3-16H,17H2,1-2H3. The van der Waals surface area contributed by atoms with E-state index in [2.05, 4.69) is 50.2 Å². The lowest BCUT2D eigenvalue weighted by atomic mass is 10.0. The Balaban J connectivity index is 1.74. The Morgan fingerprint density at radius 1 is 0.897 bits per heavy atom. The molecule has 0 spiro atoms. The van der Waals surface area contributed by atoms with E-state index < -0.39 is 0 Å². The number of nitrogens with zero attached hydrogens (tertiary/aromatic N) is 1. The third-order valence-electron chi connectivity index (χ3n) is 4.97. The van der Waals surface area contributed by atoms with Gasteiger partial charge in [-0.15, -0.1) is 0 Å². The van der Waals surface area contributed by atoms with E-state index in [0.717, 1.165) is 38.9 Å². The molecule has 4 aromatic rings. The molecule has 0 amide bonds. The Kier molecular flexibility index (Phi) is 5.64. The zero-order valence-corrected chi connectivity index (χ0v) is 17.3. The summed E-state index contributed by atoms with van der Waals surface area (Å²) >= 11 is 6.29. The largest absolute Gasteiger partial charge is 0.488 e. The summed E-state index contributed by atoms with van der Waals surface area (Å²) in [5.41, 5.74) is 5.23. The molecular formula is C26H22ClNO. The predicted octanol–water partition coefficient (Wildman–Crippen LogP) is 7.44. The summed E-state index contributed by atoms with van der Waals surface area (Å²) in [6, 6.07) is 26.4. The Morgan fingerprint density at radius 3 is 2.55 bits per heavy atom. The topological polar surface area (TPSA) is 21.6 Å². The van der Waals surface area contributed by atoms with Crippen LogP contribution in [0.2, 0.25) is 5.02 Å². The maximum atomic E-state index is 6.29. The van der Waals surface area contributed by atoms with Gasteiger partial charge in [0.1, 0.15) is 12.4 Å². The van der Waals surface area contributed by atoms with Crippen molar-refractivity contribution in [3.8, 4) is 5.75 Å². The van der Waals surface area contributed by atoms with Gasteiger partial charge in [-0.2, -0.15) is 0 Å². The Bertz CT molecular complexity index is 1200. The molecule has 0 aliphatic carbocycles. The lowest BCUT2D eigenvalue weighted by molar-refractivity contribution is 0.306. The van der Waals surface area contributed by atoms with Gasteiger partial charge in [-0.1, -0.05) is 72.3 Å². The number of hydrogen-bond acceptors (Lipinski definition) is 2. The van der Waals surface area contributed by atoms with Crippen molar-refractivity contribution in [2.24, 2.45) is 4.99 Å². The summed E-state index contributed by atoms with van der Waals surface area (Å²) in [7, 11) is 0. The zero-order chi connectivity index (χ0) is 20.2. The zero-order valence-electron chi connectivity index (χ0n) is 16.5. The van der Waals surface area contributed by atoms with Crippen LogP contribution < -0.4 is 4.74 Å². The van der Waals surface area contributed by atoms with Gasteiger partial charge in [0, 0.05) is 22.4 Å². The summed E-state index contributed by atoms with van der Waals surface area (Å²) in [5.74, 6) is 0.790. The van der Waals surface area contributed by atoms with Gasteiger partial charge in [0.25, 0.3) is 0 Å². The monoisotopic (exact) mass is 399 g/mol. The summed E-state index contributed by atoms with van der Waals surface area (Å²) < 4.78 is 6.18. The molecule has 0 heterocycles. The molecule has 0 bridgehead atoms. The van der Waals surface area contributed by atoms with Gasteiger partial charge in [0.05, 0.1) is 5.69 Å². The number of hydrogen-bond donors (Lipinski definition) is 0. The predicted molar refractivity (Wildman–Crippen MR) is 123 cm³/mol. The minimum Gasteiger partial charge on any atom is -0.488 e. The van der Waals surface area contributed by atoms with E-state index in [4.69, 9.17) is 21.3 Å². The SMILES string of the molecule is Cc1ccc(C)c(N=Cc2c(OCc3ccccc3Cl)ccc3ccccc23)c1. The number of benzene rings is 4. The summed E-state index contributed by atoms with van der Waals surface area (Å²) in [6.07, 6.45) is 1.91. The van der Waals surface area contributed by atoms with Crippen molar-refractivity contribution in [3.05, 3.63) is 106 Å². The molecule has 3 heteroatoms. The summed E-state index contributed by atoms with van der Waals surface area (Å²) in [6.45, 7) is 4.56. The van der Waals surface area contributed by atoms with Crippen LogP contribution in [0.25, 0.3) is 10.8 Å². The van der Waals surface area contributed by atoms with Crippen LogP contribution in [0.4, 0.5) is 5.69 Å². The minimum absolute atomic E-state index is 0.405. The molecule has 0 N–H and O–H groups in total. The summed E-state index contributed by atoms with van der Waals surface area (Å²) in [4.78, 5) is 4.79. The van der Waals surface area contributed by atoms with Crippen molar-refractivity contribution in [1.82, 2.24) is 0 Å². The van der Waals surface area contributed by atoms with Gasteiger partial charge in [-0.25, -0.2) is 0 Å². The highest BCUT2D eigenvalue weighted by molar-refractivity contribution is 6.31. The lowest BCUT2D eigenvalue weighted by Crippen LogP contribution is -2.00. The number of ether oxygens (including phenoxy) is 1. The van der Waals surface area contributed by atoms with Crippen LogP contribution in [0.3, 0.4) is 0 Å². The first kappa shape index (κ1) is 19.2. The maximum Gasteiger partial charge on any atom is 0.129 e. The molecule has 29 heavy (non-hydrogen) atoms. The van der Waals surface area contributed by atoms with Crippen molar-refractivity contribution in [3.63, 3.8) is 0 Å². The first-order valence-corrected chi connectivity index (χ1v) is 9.99. The number of aliphatic imine (C=N–C) groups is 1. The van der Waals surface area contributed by atoms with Crippen molar-refractivity contribution < 1.29 is 4.74 Å². The van der Waals surface area contributed by atoms with Gasteiger partial charge < -0.3 is 4.74 Å². The van der Waals surface area contributed by atoms with E-state index in [9.17, 15) is 0 Å². The Morgan fingerprint density at radius 2 is 1.69 bits per heavy atom. The average Bonchev–Trinajstić information content (AvgIpc) is 2.74.